The molecular formula is C25H27IrN2. The molecule has 0 aliphatic carbocycles. The maximum absolute atomic E-state index is 5.29. The molecule has 0 amide bonds. The Balaban J connectivity index is 0.000000425. The molecule has 0 bridgehead atoms. The van der Waals surface area contributed by atoms with Crippen LogP contribution < -0.4 is 0 Å². The number of rotatable bonds is 3. The van der Waals surface area contributed by atoms with Crippen molar-refractivity contribution >= 4 is 0 Å². The van der Waals surface area contributed by atoms with Gasteiger partial charge in [0.15, 0.2) is 0 Å². The molecule has 0 aliphatic heterocycles. The van der Waals surface area contributed by atoms with Gasteiger partial charge in [-0.2, -0.15) is 0 Å². The number of aryl methyl sites for hydroxylation is 3. The number of hydrogen-bond donors (Lipinski definition) is 0. The van der Waals surface area contributed by atoms with E-state index in [9.17, 15) is 0 Å². The van der Waals surface area contributed by atoms with Gasteiger partial charge in [0, 0.05) is 18.1 Å². The molecule has 1 aromatic heterocycles. The van der Waals surface area contributed by atoms with E-state index in [1.54, 1.807) is 0 Å². The third-order valence-corrected chi connectivity index (χ3v) is 3.94. The molecular weight excluding hydrogens is 521 g/mol. The van der Waals surface area contributed by atoms with Crippen molar-refractivity contribution in [3.05, 3.63) is 102 Å². The summed E-state index contributed by atoms with van der Waals surface area (Å²) in [5.74, 6) is 0.931. The summed E-state index contributed by atoms with van der Waals surface area (Å²) in [6.07, 6.45) is 5.69. The van der Waals surface area contributed by atoms with Crippen LogP contribution in [-0.2, 0) is 20.1 Å². The second-order valence-electron chi connectivity index (χ2n) is 6.88. The van der Waals surface area contributed by atoms with Crippen LogP contribution in [0.25, 0.3) is 17.1 Å². The fourth-order valence-corrected chi connectivity index (χ4v) is 3.16. The molecule has 3 heteroatoms. The molecule has 0 N–H and O–H groups in total. The first-order valence-electron chi connectivity index (χ1n) is 8.97. The predicted molar refractivity (Wildman–Crippen MR) is 115 cm³/mol. The molecule has 146 valence electrons. The van der Waals surface area contributed by atoms with Crippen molar-refractivity contribution in [2.45, 2.75) is 34.6 Å². The molecule has 2 nitrogen and oxygen atoms in total. The van der Waals surface area contributed by atoms with Crippen molar-refractivity contribution < 1.29 is 20.1 Å². The number of benzene rings is 2. The van der Waals surface area contributed by atoms with Gasteiger partial charge in [0.05, 0.1) is 5.82 Å². The van der Waals surface area contributed by atoms with E-state index in [0.717, 1.165) is 22.5 Å². The number of allylic oxidation sites excluding steroid dienone is 3. The minimum atomic E-state index is 0. The van der Waals surface area contributed by atoms with Crippen LogP contribution in [0.5, 0.6) is 0 Å². The van der Waals surface area contributed by atoms with Crippen LogP contribution in [0.15, 0.2) is 66.0 Å². The number of hydrogen-bond acceptors (Lipinski definition) is 1. The molecule has 2 aromatic carbocycles. The van der Waals surface area contributed by atoms with E-state index in [0.29, 0.717) is 0 Å². The van der Waals surface area contributed by atoms with Gasteiger partial charge in [-0.25, -0.2) is 24.1 Å². The van der Waals surface area contributed by atoms with Crippen LogP contribution in [-0.4, -0.2) is 9.55 Å². The van der Waals surface area contributed by atoms with E-state index in [1.165, 1.54) is 22.4 Å². The Morgan fingerprint density at radius 2 is 1.79 bits per heavy atom. The Morgan fingerprint density at radius 1 is 1.14 bits per heavy atom. The average molecular weight is 548 g/mol. The molecule has 0 spiro atoms. The van der Waals surface area contributed by atoms with Gasteiger partial charge in [0.2, 0.25) is 0 Å². The van der Waals surface area contributed by atoms with E-state index in [2.05, 4.69) is 55.4 Å². The third kappa shape index (κ3) is 6.37. The summed E-state index contributed by atoms with van der Waals surface area (Å²) in [7, 11) is 0. The van der Waals surface area contributed by atoms with Gasteiger partial charge in [0.25, 0.3) is 0 Å². The molecule has 0 saturated carbocycles. The van der Waals surface area contributed by atoms with Crippen molar-refractivity contribution in [2.75, 3.05) is 0 Å². The Hall–Kier alpha value is -2.35. The minimum Gasteiger partial charge on any atom is -0.340 e. The van der Waals surface area contributed by atoms with Crippen molar-refractivity contribution in [1.29, 1.82) is 0 Å². The summed E-state index contributed by atoms with van der Waals surface area (Å²) >= 11 is 0. The van der Waals surface area contributed by atoms with Gasteiger partial charge in [0.1, 0.15) is 0 Å². The summed E-state index contributed by atoms with van der Waals surface area (Å²) in [6.45, 7) is 19.1. The standard InChI is InChI=1S/C18H17N2.C7H10.Ir/c1-13-11-14(2)17(15(3)12-13)20-10-9-19-18(20)16-7-5-4-6-8-16;1-6(2)5-7(3)4;/h4-7,9-12H,1-3H3;1,5H,3H2,2,4H3;/q-1;-2;+3/b;7-5+;. The average Bonchev–Trinajstić information content (AvgIpc) is 3.03. The molecule has 3 aromatic rings. The third-order valence-electron chi connectivity index (χ3n) is 3.94. The molecule has 1 heterocycles. The summed E-state index contributed by atoms with van der Waals surface area (Å²) in [6, 6.07) is 15.6. The summed E-state index contributed by atoms with van der Waals surface area (Å²) in [4.78, 5) is 4.50. The molecule has 0 fully saturated rings. The molecule has 0 unspecified atom stereocenters. The first kappa shape index (κ1) is 23.7. The van der Waals surface area contributed by atoms with Crippen molar-refractivity contribution in [1.82, 2.24) is 9.55 Å². The van der Waals surface area contributed by atoms with Gasteiger partial charge in [-0.05, 0) is 31.9 Å². The first-order chi connectivity index (χ1) is 12.8. The SMILES string of the molecule is Cc1cc(C)c(-n2ccnc2-c2[c-]cccc2)c(C)c1.[CH-]=C(C)/C=C(\[CH2-])C.[Ir+3]. The van der Waals surface area contributed by atoms with Crippen LogP contribution in [0.2, 0.25) is 0 Å². The fourth-order valence-electron chi connectivity index (χ4n) is 3.16. The smallest absolute Gasteiger partial charge is 0.340 e. The Bertz CT molecular complexity index is 923. The minimum absolute atomic E-state index is 0. The molecule has 28 heavy (non-hydrogen) atoms. The monoisotopic (exact) mass is 548 g/mol. The quantitative estimate of drug-likeness (QED) is 0.274. The van der Waals surface area contributed by atoms with Gasteiger partial charge in [-0.1, -0.05) is 31.5 Å². The number of imidazole rings is 1. The van der Waals surface area contributed by atoms with Crippen LogP contribution in [0.1, 0.15) is 30.5 Å². The van der Waals surface area contributed by atoms with Crippen LogP contribution >= 0.6 is 0 Å². The zero-order valence-electron chi connectivity index (χ0n) is 17.2. The van der Waals surface area contributed by atoms with Crippen LogP contribution in [0.4, 0.5) is 0 Å². The van der Waals surface area contributed by atoms with Gasteiger partial charge >= 0.3 is 20.1 Å². The predicted octanol–water partition coefficient (Wildman–Crippen LogP) is 6.41. The van der Waals surface area contributed by atoms with Gasteiger partial charge in [-0.3, -0.25) is 11.6 Å². The van der Waals surface area contributed by atoms with E-state index < -0.39 is 0 Å². The molecule has 0 radical (unpaired) electrons. The first-order valence-corrected chi connectivity index (χ1v) is 8.97. The second kappa shape index (κ2) is 10.8. The maximum Gasteiger partial charge on any atom is 3.00 e. The summed E-state index contributed by atoms with van der Waals surface area (Å²) < 4.78 is 2.15. The number of nitrogens with zero attached hydrogens (tertiary/aromatic N) is 2. The molecule has 0 saturated heterocycles. The maximum atomic E-state index is 5.29. The van der Waals surface area contributed by atoms with E-state index in [-0.39, 0.29) is 20.1 Å². The Labute approximate surface area is 183 Å². The normalized spacial score (nSPS) is 10.5. The van der Waals surface area contributed by atoms with Crippen molar-refractivity contribution in [2.24, 2.45) is 0 Å². The topological polar surface area (TPSA) is 17.8 Å². The molecule has 0 aliphatic rings. The number of aromatic nitrogens is 2. The van der Waals surface area contributed by atoms with Crippen LogP contribution in [0, 0.1) is 40.3 Å². The van der Waals surface area contributed by atoms with E-state index >= 15 is 0 Å². The van der Waals surface area contributed by atoms with Gasteiger partial charge in [-0.15, -0.1) is 35.9 Å². The Morgan fingerprint density at radius 3 is 2.25 bits per heavy atom. The fraction of sp³-hybridized carbons (Fsp3) is 0.200. The zero-order valence-corrected chi connectivity index (χ0v) is 19.6. The molecule has 0 atom stereocenters. The molecule has 3 rings (SSSR count). The summed E-state index contributed by atoms with van der Waals surface area (Å²) in [5.41, 5.74) is 7.84. The largest absolute Gasteiger partial charge is 3.00 e. The van der Waals surface area contributed by atoms with Gasteiger partial charge < -0.3 is 4.57 Å². The van der Waals surface area contributed by atoms with Crippen molar-refractivity contribution in [3.63, 3.8) is 0 Å². The van der Waals surface area contributed by atoms with Crippen LogP contribution in [0.3, 0.4) is 0 Å². The van der Waals surface area contributed by atoms with E-state index in [1.807, 2.05) is 56.6 Å². The Kier molecular flexibility index (Phi) is 9.18. The van der Waals surface area contributed by atoms with E-state index in [4.69, 9.17) is 6.58 Å². The summed E-state index contributed by atoms with van der Waals surface area (Å²) in [5, 5.41) is 0. The zero-order chi connectivity index (χ0) is 20.0. The van der Waals surface area contributed by atoms with Crippen molar-refractivity contribution in [3.8, 4) is 17.1 Å². The second-order valence-corrected chi connectivity index (χ2v) is 6.88.